The zero-order valence-corrected chi connectivity index (χ0v) is 18.5. The summed E-state index contributed by atoms with van der Waals surface area (Å²) >= 11 is 0. The first-order chi connectivity index (χ1) is 14.2. The minimum Gasteiger partial charge on any atom is -0.356 e. The first kappa shape index (κ1) is 21.9. The van der Waals surface area contributed by atoms with Crippen LogP contribution in [-0.2, 0) is 0 Å². The number of aromatic nitrogens is 1. The van der Waals surface area contributed by atoms with E-state index in [1.54, 1.807) is 0 Å². The minimum atomic E-state index is 0.488. The van der Waals surface area contributed by atoms with Crippen LogP contribution in [0.4, 0.5) is 5.82 Å². The van der Waals surface area contributed by atoms with Gasteiger partial charge in [-0.15, -0.1) is 0 Å². The number of nitrogens with zero attached hydrogens (tertiary/aromatic N) is 4. The van der Waals surface area contributed by atoms with E-state index in [4.69, 9.17) is 0 Å². The Morgan fingerprint density at radius 2 is 1.86 bits per heavy atom. The maximum atomic E-state index is 4.57. The third kappa shape index (κ3) is 7.50. The summed E-state index contributed by atoms with van der Waals surface area (Å²) in [4.78, 5) is 14.0. The Morgan fingerprint density at radius 1 is 1.07 bits per heavy atom. The molecule has 29 heavy (non-hydrogen) atoms. The third-order valence-corrected chi connectivity index (χ3v) is 6.17. The van der Waals surface area contributed by atoms with Crippen molar-refractivity contribution in [3.63, 3.8) is 0 Å². The van der Waals surface area contributed by atoms with Crippen LogP contribution in [0.3, 0.4) is 0 Å². The number of anilines is 1. The SMILES string of the molecule is CN=C(NCCCCCN1CCCCC1)NC1CCN(c2ccc(C)cn2)CC1. The molecule has 1 aromatic heterocycles. The van der Waals surface area contributed by atoms with E-state index in [-0.39, 0.29) is 0 Å². The summed E-state index contributed by atoms with van der Waals surface area (Å²) in [6.07, 6.45) is 12.2. The van der Waals surface area contributed by atoms with Gasteiger partial charge in [0.1, 0.15) is 5.82 Å². The van der Waals surface area contributed by atoms with Gasteiger partial charge in [0.05, 0.1) is 0 Å². The molecule has 6 nitrogen and oxygen atoms in total. The Balaban J connectivity index is 1.27. The average molecular weight is 401 g/mol. The molecule has 162 valence electrons. The lowest BCUT2D eigenvalue weighted by Crippen LogP contribution is -2.49. The highest BCUT2D eigenvalue weighted by Crippen LogP contribution is 2.18. The Labute approximate surface area is 177 Å². The minimum absolute atomic E-state index is 0.488. The summed E-state index contributed by atoms with van der Waals surface area (Å²) < 4.78 is 0. The normalized spacial score (nSPS) is 19.4. The topological polar surface area (TPSA) is 55.8 Å². The van der Waals surface area contributed by atoms with Gasteiger partial charge < -0.3 is 20.4 Å². The maximum absolute atomic E-state index is 4.57. The fourth-order valence-corrected chi connectivity index (χ4v) is 4.31. The van der Waals surface area contributed by atoms with Crippen molar-refractivity contribution in [1.82, 2.24) is 20.5 Å². The molecule has 0 saturated carbocycles. The van der Waals surface area contributed by atoms with Gasteiger partial charge in [-0.05, 0) is 76.7 Å². The molecule has 6 heteroatoms. The van der Waals surface area contributed by atoms with Crippen LogP contribution >= 0.6 is 0 Å². The van der Waals surface area contributed by atoms with E-state index in [1.807, 2.05) is 13.2 Å². The molecule has 2 aliphatic rings. The second-order valence-corrected chi connectivity index (χ2v) is 8.56. The van der Waals surface area contributed by atoms with Gasteiger partial charge in [0, 0.05) is 38.9 Å². The lowest BCUT2D eigenvalue weighted by molar-refractivity contribution is 0.224. The van der Waals surface area contributed by atoms with Crippen molar-refractivity contribution >= 4 is 11.8 Å². The number of guanidine groups is 1. The number of rotatable bonds is 8. The van der Waals surface area contributed by atoms with Crippen LogP contribution in [0, 0.1) is 6.92 Å². The molecule has 2 N–H and O–H groups in total. The van der Waals surface area contributed by atoms with Gasteiger partial charge in [0.15, 0.2) is 5.96 Å². The second-order valence-electron chi connectivity index (χ2n) is 8.56. The molecule has 0 aliphatic carbocycles. The highest BCUT2D eigenvalue weighted by molar-refractivity contribution is 5.79. The van der Waals surface area contributed by atoms with Gasteiger partial charge in [0.2, 0.25) is 0 Å². The fourth-order valence-electron chi connectivity index (χ4n) is 4.31. The van der Waals surface area contributed by atoms with Crippen LogP contribution in [0.5, 0.6) is 0 Å². The van der Waals surface area contributed by atoms with Crippen molar-refractivity contribution in [1.29, 1.82) is 0 Å². The Bertz CT molecular complexity index is 600. The first-order valence-electron chi connectivity index (χ1n) is 11.6. The lowest BCUT2D eigenvalue weighted by Gasteiger charge is -2.33. The summed E-state index contributed by atoms with van der Waals surface area (Å²) in [7, 11) is 1.87. The molecule has 0 bridgehead atoms. The number of aliphatic imine (C=N–C) groups is 1. The van der Waals surface area contributed by atoms with E-state index >= 15 is 0 Å². The van der Waals surface area contributed by atoms with Crippen LogP contribution in [0.1, 0.15) is 56.9 Å². The molecule has 2 saturated heterocycles. The van der Waals surface area contributed by atoms with Crippen LogP contribution in [0.2, 0.25) is 0 Å². The molecular formula is C23H40N6. The first-order valence-corrected chi connectivity index (χ1v) is 11.6. The molecule has 1 aromatic rings. The zero-order valence-electron chi connectivity index (χ0n) is 18.5. The molecule has 0 amide bonds. The number of hydrogen-bond acceptors (Lipinski definition) is 4. The Kier molecular flexibility index (Phi) is 9.06. The van der Waals surface area contributed by atoms with Gasteiger partial charge in [-0.1, -0.05) is 18.9 Å². The Morgan fingerprint density at radius 3 is 2.55 bits per heavy atom. The van der Waals surface area contributed by atoms with Gasteiger partial charge in [-0.25, -0.2) is 4.98 Å². The number of piperidine rings is 2. The smallest absolute Gasteiger partial charge is 0.191 e. The van der Waals surface area contributed by atoms with Crippen molar-refractivity contribution in [3.05, 3.63) is 23.9 Å². The van der Waals surface area contributed by atoms with Crippen LogP contribution in [-0.4, -0.2) is 68.2 Å². The maximum Gasteiger partial charge on any atom is 0.191 e. The summed E-state index contributed by atoms with van der Waals surface area (Å²) in [5.74, 6) is 2.05. The number of unbranched alkanes of at least 4 members (excludes halogenated alkanes) is 2. The monoisotopic (exact) mass is 400 g/mol. The van der Waals surface area contributed by atoms with Crippen LogP contribution in [0.25, 0.3) is 0 Å². The number of nitrogens with one attached hydrogen (secondary N) is 2. The largest absolute Gasteiger partial charge is 0.356 e. The second kappa shape index (κ2) is 12.0. The highest BCUT2D eigenvalue weighted by Gasteiger charge is 2.20. The standard InChI is InChI=1S/C23H40N6/c1-20-9-10-22(26-19-20)29-17-11-21(12-18-29)27-23(24-2)25-13-5-3-6-14-28-15-7-4-8-16-28/h9-10,19,21H,3-8,11-18H2,1-2H3,(H2,24,25,27). The van der Waals surface area contributed by atoms with Gasteiger partial charge in [0.25, 0.3) is 0 Å². The summed E-state index contributed by atoms with van der Waals surface area (Å²) in [5.41, 5.74) is 1.21. The van der Waals surface area contributed by atoms with Crippen molar-refractivity contribution in [2.24, 2.45) is 4.99 Å². The van der Waals surface area contributed by atoms with Crippen molar-refractivity contribution < 1.29 is 0 Å². The fraction of sp³-hybridized carbons (Fsp3) is 0.739. The molecule has 0 radical (unpaired) electrons. The van der Waals surface area contributed by atoms with Crippen molar-refractivity contribution in [2.75, 3.05) is 51.2 Å². The molecule has 0 spiro atoms. The molecule has 3 rings (SSSR count). The molecule has 0 atom stereocenters. The molecular weight excluding hydrogens is 360 g/mol. The zero-order chi connectivity index (χ0) is 20.3. The number of pyridine rings is 1. The average Bonchev–Trinajstić information content (AvgIpc) is 2.77. The number of likely N-dealkylation sites (tertiary alicyclic amines) is 1. The van der Waals surface area contributed by atoms with Crippen molar-refractivity contribution in [3.8, 4) is 0 Å². The lowest BCUT2D eigenvalue weighted by atomic mass is 10.1. The van der Waals surface area contributed by atoms with Crippen LogP contribution < -0.4 is 15.5 Å². The Hall–Kier alpha value is -1.82. The van der Waals surface area contributed by atoms with E-state index in [0.717, 1.165) is 44.3 Å². The van der Waals surface area contributed by atoms with Gasteiger partial charge >= 0.3 is 0 Å². The molecule has 2 aliphatic heterocycles. The van der Waals surface area contributed by atoms with E-state index in [2.05, 4.69) is 49.5 Å². The summed E-state index contributed by atoms with van der Waals surface area (Å²) in [6, 6.07) is 4.77. The van der Waals surface area contributed by atoms with E-state index < -0.39 is 0 Å². The third-order valence-electron chi connectivity index (χ3n) is 6.17. The molecule has 0 aromatic carbocycles. The highest BCUT2D eigenvalue weighted by atomic mass is 15.2. The van der Waals surface area contributed by atoms with E-state index in [1.165, 1.54) is 63.7 Å². The molecule has 2 fully saturated rings. The number of hydrogen-bond donors (Lipinski definition) is 2. The molecule has 3 heterocycles. The number of aryl methyl sites for hydroxylation is 1. The summed E-state index contributed by atoms with van der Waals surface area (Å²) in [5, 5.41) is 7.12. The predicted molar refractivity (Wildman–Crippen MR) is 123 cm³/mol. The predicted octanol–water partition coefficient (Wildman–Crippen LogP) is 3.18. The quantitative estimate of drug-likeness (QED) is 0.399. The van der Waals surface area contributed by atoms with E-state index in [0.29, 0.717) is 6.04 Å². The summed E-state index contributed by atoms with van der Waals surface area (Å²) in [6.45, 7) is 9.08. The van der Waals surface area contributed by atoms with Gasteiger partial charge in [-0.2, -0.15) is 0 Å². The van der Waals surface area contributed by atoms with E-state index in [9.17, 15) is 0 Å². The van der Waals surface area contributed by atoms with Crippen LogP contribution in [0.15, 0.2) is 23.3 Å². The van der Waals surface area contributed by atoms with Gasteiger partial charge in [-0.3, -0.25) is 4.99 Å². The van der Waals surface area contributed by atoms with Crippen molar-refractivity contribution in [2.45, 2.75) is 64.3 Å². The molecule has 0 unspecified atom stereocenters.